The summed E-state index contributed by atoms with van der Waals surface area (Å²) in [7, 11) is 0. The summed E-state index contributed by atoms with van der Waals surface area (Å²) in [5, 5.41) is 10.8. The highest BCUT2D eigenvalue weighted by molar-refractivity contribution is 5.44. The van der Waals surface area contributed by atoms with E-state index < -0.39 is 0 Å². The summed E-state index contributed by atoms with van der Waals surface area (Å²) in [4.78, 5) is 0. The Hall–Kier alpha value is -1.06. The molecule has 0 atom stereocenters. The fourth-order valence-corrected chi connectivity index (χ4v) is 1.79. The quantitative estimate of drug-likeness (QED) is 0.694. The van der Waals surface area contributed by atoms with Crippen LogP contribution in [0.3, 0.4) is 0 Å². The Bertz CT molecular complexity index is 350. The van der Waals surface area contributed by atoms with E-state index in [1.165, 1.54) is 16.7 Å². The number of aliphatic hydroxyl groups excluding tert-OH is 1. The molecule has 0 saturated carbocycles. The summed E-state index contributed by atoms with van der Waals surface area (Å²) in [5.74, 6) is 1.03. The number of benzene rings is 1. The summed E-state index contributed by atoms with van der Waals surface area (Å²) in [6.07, 6.45) is 1.01. The second-order valence-corrected chi connectivity index (χ2v) is 4.45. The molecule has 3 N–H and O–H groups in total. The summed E-state index contributed by atoms with van der Waals surface area (Å²) < 4.78 is 5.85. The zero-order chi connectivity index (χ0) is 12.7. The molecule has 17 heavy (non-hydrogen) atoms. The lowest BCUT2D eigenvalue weighted by atomic mass is 10.1. The number of hydrogen-bond donors (Lipinski definition) is 2. The average molecular weight is 238 g/mol. The lowest BCUT2D eigenvalue weighted by Crippen LogP contribution is -2.85. The molecule has 0 aliphatic heterocycles. The summed E-state index contributed by atoms with van der Waals surface area (Å²) in [6.45, 7) is 9.07. The van der Waals surface area contributed by atoms with Crippen LogP contribution in [0.25, 0.3) is 0 Å². The Balaban J connectivity index is 2.39. The standard InChI is InChI=1S/C14H23NO2/c1-11-5-6-12(2)14(13(11)3)17-10-4-7-15-8-9-16/h5-6,15-16H,4,7-10H2,1-3H3/p+1. The van der Waals surface area contributed by atoms with Crippen LogP contribution in [-0.4, -0.2) is 31.4 Å². The predicted molar refractivity (Wildman–Crippen MR) is 69.5 cm³/mol. The first kappa shape index (κ1) is 14.0. The van der Waals surface area contributed by atoms with Gasteiger partial charge in [0.1, 0.15) is 5.75 Å². The van der Waals surface area contributed by atoms with Gasteiger partial charge in [-0.05, 0) is 37.5 Å². The van der Waals surface area contributed by atoms with Gasteiger partial charge < -0.3 is 15.2 Å². The van der Waals surface area contributed by atoms with Crippen LogP contribution in [0.5, 0.6) is 5.75 Å². The van der Waals surface area contributed by atoms with Crippen LogP contribution in [0.15, 0.2) is 12.1 Å². The molecular weight excluding hydrogens is 214 g/mol. The molecule has 0 radical (unpaired) electrons. The first-order valence-electron chi connectivity index (χ1n) is 6.29. The molecule has 0 saturated heterocycles. The van der Waals surface area contributed by atoms with Crippen molar-refractivity contribution in [2.75, 3.05) is 26.3 Å². The van der Waals surface area contributed by atoms with Crippen LogP contribution in [0.1, 0.15) is 23.1 Å². The molecule has 1 rings (SSSR count). The largest absolute Gasteiger partial charge is 0.493 e. The number of rotatable bonds is 7. The molecule has 0 aliphatic rings. The second-order valence-electron chi connectivity index (χ2n) is 4.45. The van der Waals surface area contributed by atoms with Gasteiger partial charge in [-0.2, -0.15) is 0 Å². The van der Waals surface area contributed by atoms with Crippen molar-refractivity contribution < 1.29 is 15.2 Å². The second kappa shape index (κ2) is 7.30. The minimum Gasteiger partial charge on any atom is -0.493 e. The highest BCUT2D eigenvalue weighted by atomic mass is 16.5. The van der Waals surface area contributed by atoms with E-state index in [0.717, 1.165) is 31.9 Å². The van der Waals surface area contributed by atoms with Crippen molar-refractivity contribution in [3.8, 4) is 5.75 Å². The summed E-state index contributed by atoms with van der Waals surface area (Å²) >= 11 is 0. The highest BCUT2D eigenvalue weighted by Crippen LogP contribution is 2.25. The normalized spacial score (nSPS) is 10.6. The van der Waals surface area contributed by atoms with E-state index >= 15 is 0 Å². The Morgan fingerprint density at radius 1 is 1.12 bits per heavy atom. The molecule has 0 spiro atoms. The molecule has 3 nitrogen and oxygen atoms in total. The number of hydrogen-bond acceptors (Lipinski definition) is 2. The van der Waals surface area contributed by atoms with Gasteiger partial charge in [0, 0.05) is 6.42 Å². The topological polar surface area (TPSA) is 46.1 Å². The smallest absolute Gasteiger partial charge is 0.125 e. The number of nitrogens with two attached hydrogens (primary N) is 1. The van der Waals surface area contributed by atoms with Crippen molar-refractivity contribution in [2.45, 2.75) is 27.2 Å². The van der Waals surface area contributed by atoms with E-state index in [1.54, 1.807) is 0 Å². The number of aliphatic hydroxyl groups is 1. The Labute approximate surface area is 104 Å². The van der Waals surface area contributed by atoms with Crippen LogP contribution in [-0.2, 0) is 0 Å². The molecule has 1 aromatic carbocycles. The molecule has 0 aromatic heterocycles. The van der Waals surface area contributed by atoms with Crippen molar-refractivity contribution in [3.63, 3.8) is 0 Å². The van der Waals surface area contributed by atoms with E-state index in [-0.39, 0.29) is 6.61 Å². The molecule has 3 heteroatoms. The van der Waals surface area contributed by atoms with E-state index in [0.29, 0.717) is 0 Å². The van der Waals surface area contributed by atoms with Gasteiger partial charge in [0.25, 0.3) is 0 Å². The van der Waals surface area contributed by atoms with Gasteiger partial charge in [0.05, 0.1) is 26.3 Å². The van der Waals surface area contributed by atoms with Gasteiger partial charge in [-0.25, -0.2) is 0 Å². The van der Waals surface area contributed by atoms with E-state index in [9.17, 15) is 0 Å². The third-order valence-electron chi connectivity index (χ3n) is 3.01. The van der Waals surface area contributed by atoms with Gasteiger partial charge in [-0.3, -0.25) is 0 Å². The van der Waals surface area contributed by atoms with Crippen molar-refractivity contribution in [1.29, 1.82) is 0 Å². The lowest BCUT2D eigenvalue weighted by Gasteiger charge is -2.13. The Kier molecular flexibility index (Phi) is 6.01. The maximum absolute atomic E-state index is 8.64. The van der Waals surface area contributed by atoms with E-state index in [4.69, 9.17) is 9.84 Å². The van der Waals surface area contributed by atoms with Crippen LogP contribution >= 0.6 is 0 Å². The van der Waals surface area contributed by atoms with Crippen LogP contribution in [0, 0.1) is 20.8 Å². The van der Waals surface area contributed by atoms with Gasteiger partial charge >= 0.3 is 0 Å². The first-order valence-corrected chi connectivity index (χ1v) is 6.29. The average Bonchev–Trinajstić information content (AvgIpc) is 2.32. The zero-order valence-electron chi connectivity index (χ0n) is 11.1. The molecule has 96 valence electrons. The van der Waals surface area contributed by atoms with Crippen LogP contribution < -0.4 is 10.1 Å². The molecule has 0 amide bonds. The first-order chi connectivity index (χ1) is 8.16. The number of ether oxygens (including phenoxy) is 1. The minimum absolute atomic E-state index is 0.247. The Morgan fingerprint density at radius 3 is 2.53 bits per heavy atom. The molecule has 0 unspecified atom stereocenters. The van der Waals surface area contributed by atoms with Crippen LogP contribution in [0.4, 0.5) is 0 Å². The molecule has 0 aliphatic carbocycles. The lowest BCUT2D eigenvalue weighted by molar-refractivity contribution is -0.656. The molecular formula is C14H24NO2+. The highest BCUT2D eigenvalue weighted by Gasteiger charge is 2.05. The molecule has 0 heterocycles. The van der Waals surface area contributed by atoms with Gasteiger partial charge in [0.15, 0.2) is 0 Å². The minimum atomic E-state index is 0.247. The van der Waals surface area contributed by atoms with Gasteiger partial charge in [-0.15, -0.1) is 0 Å². The van der Waals surface area contributed by atoms with Crippen molar-refractivity contribution in [1.82, 2.24) is 0 Å². The van der Waals surface area contributed by atoms with Crippen molar-refractivity contribution in [3.05, 3.63) is 28.8 Å². The summed E-state index contributed by atoms with van der Waals surface area (Å²) in [5.41, 5.74) is 3.72. The number of quaternary nitrogens is 1. The SMILES string of the molecule is Cc1ccc(C)c(OCCC[NH2+]CCO)c1C. The van der Waals surface area contributed by atoms with E-state index in [2.05, 4.69) is 38.2 Å². The fraction of sp³-hybridized carbons (Fsp3) is 0.571. The monoisotopic (exact) mass is 238 g/mol. The predicted octanol–water partition coefficient (Wildman–Crippen LogP) is 0.936. The fourth-order valence-electron chi connectivity index (χ4n) is 1.79. The molecule has 0 bridgehead atoms. The van der Waals surface area contributed by atoms with Crippen molar-refractivity contribution >= 4 is 0 Å². The van der Waals surface area contributed by atoms with Gasteiger partial charge in [0.2, 0.25) is 0 Å². The molecule has 1 aromatic rings. The van der Waals surface area contributed by atoms with E-state index in [1.807, 2.05) is 0 Å². The van der Waals surface area contributed by atoms with Gasteiger partial charge in [-0.1, -0.05) is 12.1 Å². The third-order valence-corrected chi connectivity index (χ3v) is 3.01. The molecule has 0 fully saturated rings. The summed E-state index contributed by atoms with van der Waals surface area (Å²) in [6, 6.07) is 4.24. The zero-order valence-corrected chi connectivity index (χ0v) is 11.1. The maximum atomic E-state index is 8.64. The Morgan fingerprint density at radius 2 is 1.82 bits per heavy atom. The van der Waals surface area contributed by atoms with Crippen molar-refractivity contribution in [2.24, 2.45) is 0 Å². The maximum Gasteiger partial charge on any atom is 0.125 e. The van der Waals surface area contributed by atoms with Crippen LogP contribution in [0.2, 0.25) is 0 Å². The number of aryl methyl sites for hydroxylation is 2. The third kappa shape index (κ3) is 4.36.